The third-order valence-electron chi connectivity index (χ3n) is 3.91. The summed E-state index contributed by atoms with van der Waals surface area (Å²) in [5.74, 6) is 3.18. The second-order valence-electron chi connectivity index (χ2n) is 5.35. The van der Waals surface area contributed by atoms with E-state index in [-0.39, 0.29) is 0 Å². The molecule has 0 spiro atoms. The Bertz CT molecular complexity index is 405. The van der Waals surface area contributed by atoms with Crippen LogP contribution in [0.3, 0.4) is 0 Å². The van der Waals surface area contributed by atoms with Crippen LogP contribution in [0.1, 0.15) is 45.4 Å². The van der Waals surface area contributed by atoms with E-state index in [1.807, 2.05) is 6.92 Å². The average Bonchev–Trinajstić information content (AvgIpc) is 2.97. The van der Waals surface area contributed by atoms with Crippen LogP contribution in [0.2, 0.25) is 0 Å². The van der Waals surface area contributed by atoms with Crippen LogP contribution < -0.4 is 15.4 Å². The monoisotopic (exact) mass is 278 g/mol. The smallest absolute Gasteiger partial charge is 0.204 e. The number of hydrogen-bond donors (Lipinski definition) is 2. The summed E-state index contributed by atoms with van der Waals surface area (Å²) in [5, 5.41) is 6.56. The quantitative estimate of drug-likeness (QED) is 0.714. The highest BCUT2D eigenvalue weighted by molar-refractivity contribution is 5.63. The molecule has 0 unspecified atom stereocenters. The van der Waals surface area contributed by atoms with Crippen molar-refractivity contribution in [2.75, 3.05) is 30.8 Å². The number of nitrogens with one attached hydrogen (secondary N) is 2. The summed E-state index contributed by atoms with van der Waals surface area (Å²) in [5.41, 5.74) is 0. The highest BCUT2D eigenvalue weighted by Gasteiger charge is 2.15. The molecule has 1 fully saturated rings. The summed E-state index contributed by atoms with van der Waals surface area (Å²) in [6.45, 7) is 3.79. The number of hydrogen-bond acceptors (Lipinski definition) is 5. The zero-order valence-electron chi connectivity index (χ0n) is 12.6. The lowest BCUT2D eigenvalue weighted by Crippen LogP contribution is -2.09. The fourth-order valence-electron chi connectivity index (χ4n) is 2.88. The largest absolute Gasteiger partial charge is 0.490 e. The van der Waals surface area contributed by atoms with Gasteiger partial charge in [0.05, 0.1) is 7.11 Å². The second-order valence-corrected chi connectivity index (χ2v) is 5.35. The molecule has 0 atom stereocenters. The minimum absolute atomic E-state index is 0.704. The van der Waals surface area contributed by atoms with Gasteiger partial charge in [0.25, 0.3) is 0 Å². The molecule has 0 radical (unpaired) electrons. The second kappa shape index (κ2) is 7.92. The van der Waals surface area contributed by atoms with E-state index < -0.39 is 0 Å². The maximum Gasteiger partial charge on any atom is 0.204 e. The number of rotatable bonds is 8. The van der Waals surface area contributed by atoms with E-state index >= 15 is 0 Å². The summed E-state index contributed by atoms with van der Waals surface area (Å²) in [4.78, 5) is 8.48. The van der Waals surface area contributed by atoms with Crippen molar-refractivity contribution in [1.82, 2.24) is 9.97 Å². The zero-order valence-corrected chi connectivity index (χ0v) is 12.6. The van der Waals surface area contributed by atoms with Crippen molar-refractivity contribution < 1.29 is 4.74 Å². The number of aromatic nitrogens is 2. The van der Waals surface area contributed by atoms with Crippen molar-refractivity contribution in [1.29, 1.82) is 0 Å². The predicted octanol–water partition coefficient (Wildman–Crippen LogP) is 3.30. The summed E-state index contributed by atoms with van der Waals surface area (Å²) >= 11 is 0. The van der Waals surface area contributed by atoms with Crippen LogP contribution in [-0.4, -0.2) is 30.2 Å². The maximum absolute atomic E-state index is 5.41. The Kier molecular flexibility index (Phi) is 5.89. The Balaban J connectivity index is 1.83. The van der Waals surface area contributed by atoms with Gasteiger partial charge in [-0.1, -0.05) is 25.7 Å². The number of methoxy groups -OCH3 is 1. The topological polar surface area (TPSA) is 59.1 Å². The molecule has 0 bridgehead atoms. The lowest BCUT2D eigenvalue weighted by atomic mass is 10.0. The minimum atomic E-state index is 0.704. The van der Waals surface area contributed by atoms with Crippen LogP contribution in [0.5, 0.6) is 5.75 Å². The molecule has 5 nitrogen and oxygen atoms in total. The molecular formula is C15H26N4O. The first-order chi connectivity index (χ1) is 9.85. The van der Waals surface area contributed by atoms with Gasteiger partial charge in [-0.3, -0.25) is 0 Å². The Morgan fingerprint density at radius 2 is 1.90 bits per heavy atom. The third-order valence-corrected chi connectivity index (χ3v) is 3.91. The number of nitrogens with zero attached hydrogens (tertiary/aromatic N) is 2. The zero-order chi connectivity index (χ0) is 14.2. The van der Waals surface area contributed by atoms with E-state index in [1.54, 1.807) is 13.4 Å². The first kappa shape index (κ1) is 14.9. The van der Waals surface area contributed by atoms with Gasteiger partial charge in [0, 0.05) is 13.1 Å². The van der Waals surface area contributed by atoms with Gasteiger partial charge in [-0.05, 0) is 25.7 Å². The van der Waals surface area contributed by atoms with Gasteiger partial charge in [0.1, 0.15) is 6.33 Å². The lowest BCUT2D eigenvalue weighted by Gasteiger charge is -2.14. The van der Waals surface area contributed by atoms with Crippen molar-refractivity contribution >= 4 is 11.6 Å². The molecule has 20 heavy (non-hydrogen) atoms. The van der Waals surface area contributed by atoms with Gasteiger partial charge >= 0.3 is 0 Å². The molecule has 1 aromatic heterocycles. The van der Waals surface area contributed by atoms with E-state index in [1.165, 1.54) is 38.5 Å². The van der Waals surface area contributed by atoms with Crippen molar-refractivity contribution in [2.24, 2.45) is 5.92 Å². The summed E-state index contributed by atoms with van der Waals surface area (Å²) in [7, 11) is 1.66. The molecular weight excluding hydrogens is 252 g/mol. The average molecular weight is 278 g/mol. The highest BCUT2D eigenvalue weighted by Crippen LogP contribution is 2.30. The SMILES string of the molecule is CCNc1ncnc(NCCCC2CCCC2)c1OC. The molecule has 0 saturated heterocycles. The minimum Gasteiger partial charge on any atom is -0.490 e. The highest BCUT2D eigenvalue weighted by atomic mass is 16.5. The van der Waals surface area contributed by atoms with Crippen LogP contribution >= 0.6 is 0 Å². The number of ether oxygens (including phenoxy) is 1. The fraction of sp³-hybridized carbons (Fsp3) is 0.733. The van der Waals surface area contributed by atoms with Crippen LogP contribution in [0.15, 0.2) is 6.33 Å². The van der Waals surface area contributed by atoms with Gasteiger partial charge < -0.3 is 15.4 Å². The molecule has 2 N–H and O–H groups in total. The molecule has 5 heteroatoms. The fourth-order valence-corrected chi connectivity index (χ4v) is 2.88. The Labute approximate surface area is 121 Å². The van der Waals surface area contributed by atoms with Crippen molar-refractivity contribution in [3.63, 3.8) is 0 Å². The Hall–Kier alpha value is -1.52. The van der Waals surface area contributed by atoms with E-state index in [4.69, 9.17) is 4.74 Å². The van der Waals surface area contributed by atoms with E-state index in [9.17, 15) is 0 Å². The van der Waals surface area contributed by atoms with E-state index in [0.29, 0.717) is 5.75 Å². The molecule has 2 rings (SSSR count). The molecule has 1 aromatic rings. The first-order valence-corrected chi connectivity index (χ1v) is 7.71. The van der Waals surface area contributed by atoms with Crippen molar-refractivity contribution in [3.8, 4) is 5.75 Å². The first-order valence-electron chi connectivity index (χ1n) is 7.71. The molecule has 112 valence electrons. The molecule has 1 saturated carbocycles. The van der Waals surface area contributed by atoms with Crippen LogP contribution in [0, 0.1) is 5.92 Å². The normalized spacial score (nSPS) is 15.3. The molecule has 1 aliphatic rings. The van der Waals surface area contributed by atoms with E-state index in [2.05, 4.69) is 20.6 Å². The third kappa shape index (κ3) is 3.99. The van der Waals surface area contributed by atoms with Gasteiger partial charge in [-0.15, -0.1) is 0 Å². The van der Waals surface area contributed by atoms with Crippen LogP contribution in [0.4, 0.5) is 11.6 Å². The molecule has 0 aliphatic heterocycles. The van der Waals surface area contributed by atoms with Crippen LogP contribution in [0.25, 0.3) is 0 Å². The summed E-state index contributed by atoms with van der Waals surface area (Å²) in [6.07, 6.45) is 9.76. The van der Waals surface area contributed by atoms with Crippen molar-refractivity contribution in [2.45, 2.75) is 45.4 Å². The molecule has 0 aromatic carbocycles. The summed E-state index contributed by atoms with van der Waals surface area (Å²) < 4.78 is 5.41. The van der Waals surface area contributed by atoms with Gasteiger partial charge in [-0.2, -0.15) is 0 Å². The molecule has 1 aliphatic carbocycles. The van der Waals surface area contributed by atoms with Crippen molar-refractivity contribution in [3.05, 3.63) is 6.33 Å². The lowest BCUT2D eigenvalue weighted by molar-refractivity contribution is 0.414. The van der Waals surface area contributed by atoms with Gasteiger partial charge in [0.15, 0.2) is 11.6 Å². The summed E-state index contributed by atoms with van der Waals surface area (Å²) in [6, 6.07) is 0. The van der Waals surface area contributed by atoms with E-state index in [0.717, 1.165) is 30.6 Å². The maximum atomic E-state index is 5.41. The van der Waals surface area contributed by atoms with Gasteiger partial charge in [0.2, 0.25) is 5.75 Å². The predicted molar refractivity (Wildman–Crippen MR) is 82.4 cm³/mol. The Morgan fingerprint density at radius 3 is 2.55 bits per heavy atom. The van der Waals surface area contributed by atoms with Crippen LogP contribution in [-0.2, 0) is 0 Å². The van der Waals surface area contributed by atoms with Gasteiger partial charge in [-0.25, -0.2) is 9.97 Å². The number of anilines is 2. The molecule has 0 amide bonds. The Morgan fingerprint density at radius 1 is 1.20 bits per heavy atom. The standard InChI is InChI=1S/C15H26N4O/c1-3-16-14-13(20-2)15(19-11-18-14)17-10-6-9-12-7-4-5-8-12/h11-12H,3-10H2,1-2H3,(H2,16,17,18,19). The molecule has 1 heterocycles.